The van der Waals surface area contributed by atoms with Gasteiger partial charge in [0.15, 0.2) is 0 Å². The molecule has 0 aliphatic carbocycles. The number of hydrogen-bond donors (Lipinski definition) is 1. The van der Waals surface area contributed by atoms with Crippen LogP contribution in [-0.4, -0.2) is 24.7 Å². The monoisotopic (exact) mass is 171 g/mol. The Morgan fingerprint density at radius 2 is 2.50 bits per heavy atom. The van der Waals surface area contributed by atoms with Crippen LogP contribution in [0.5, 0.6) is 0 Å². The second kappa shape index (κ2) is 4.45. The van der Waals surface area contributed by atoms with E-state index in [0.29, 0.717) is 0 Å². The minimum atomic E-state index is -0.0816. The first-order chi connectivity index (χ1) is 5.74. The van der Waals surface area contributed by atoms with Gasteiger partial charge in [-0.3, -0.25) is 4.79 Å². The molecule has 0 amide bonds. The number of carbonyl (C=O) groups excluding carboxylic acids is 1. The summed E-state index contributed by atoms with van der Waals surface area (Å²) in [6, 6.07) is -0.0426. The topological polar surface area (TPSA) is 38.3 Å². The van der Waals surface area contributed by atoms with Crippen LogP contribution in [0.3, 0.4) is 0 Å². The molecule has 0 saturated carbocycles. The normalized spacial score (nSPS) is 25.3. The fourth-order valence-corrected chi connectivity index (χ4v) is 1.25. The Balaban J connectivity index is 2.27. The van der Waals surface area contributed by atoms with Gasteiger partial charge in [0.2, 0.25) is 0 Å². The first kappa shape index (κ1) is 9.52. The quantitative estimate of drug-likeness (QED) is 0.646. The Bertz CT molecular complexity index is 153. The van der Waals surface area contributed by atoms with Crippen LogP contribution in [0.2, 0.25) is 0 Å². The highest BCUT2D eigenvalue weighted by Crippen LogP contribution is 2.08. The van der Waals surface area contributed by atoms with Crippen molar-refractivity contribution in [2.24, 2.45) is 0 Å². The maximum absolute atomic E-state index is 11.3. The largest absolute Gasteiger partial charge is 0.462 e. The van der Waals surface area contributed by atoms with E-state index in [0.717, 1.165) is 25.8 Å². The van der Waals surface area contributed by atoms with Gasteiger partial charge in [-0.15, -0.1) is 0 Å². The van der Waals surface area contributed by atoms with Crippen molar-refractivity contribution in [3.8, 4) is 0 Å². The van der Waals surface area contributed by atoms with E-state index in [1.54, 1.807) is 0 Å². The van der Waals surface area contributed by atoms with E-state index in [9.17, 15) is 4.79 Å². The molecule has 1 N–H and O–H groups in total. The Morgan fingerprint density at radius 1 is 1.75 bits per heavy atom. The molecule has 70 valence electrons. The molecule has 12 heavy (non-hydrogen) atoms. The zero-order chi connectivity index (χ0) is 8.97. The predicted octanol–water partition coefficient (Wildman–Crippen LogP) is 1.08. The summed E-state index contributed by atoms with van der Waals surface area (Å²) in [7, 11) is 0. The Hall–Kier alpha value is -0.570. The van der Waals surface area contributed by atoms with E-state index in [2.05, 4.69) is 5.32 Å². The van der Waals surface area contributed by atoms with Gasteiger partial charge in [0.1, 0.15) is 6.04 Å². The Morgan fingerprint density at radius 3 is 3.00 bits per heavy atom. The molecule has 0 spiro atoms. The zero-order valence-corrected chi connectivity index (χ0v) is 7.80. The van der Waals surface area contributed by atoms with Crippen molar-refractivity contribution in [3.63, 3.8) is 0 Å². The summed E-state index contributed by atoms with van der Waals surface area (Å²) in [5.74, 6) is -0.0816. The fraction of sp³-hybridized carbons (Fsp3) is 0.889. The van der Waals surface area contributed by atoms with Crippen molar-refractivity contribution in [2.75, 3.05) is 6.54 Å². The van der Waals surface area contributed by atoms with Crippen LogP contribution in [0.4, 0.5) is 0 Å². The van der Waals surface area contributed by atoms with Crippen molar-refractivity contribution >= 4 is 5.97 Å². The van der Waals surface area contributed by atoms with Crippen LogP contribution in [0.1, 0.15) is 33.1 Å². The summed E-state index contributed by atoms with van der Waals surface area (Å²) >= 11 is 0. The van der Waals surface area contributed by atoms with Gasteiger partial charge in [-0.25, -0.2) is 0 Å². The minimum absolute atomic E-state index is 0.0426. The lowest BCUT2D eigenvalue weighted by Gasteiger charge is -2.14. The first-order valence-corrected chi connectivity index (χ1v) is 4.68. The van der Waals surface area contributed by atoms with Gasteiger partial charge in [0.05, 0.1) is 6.10 Å². The molecule has 1 aliphatic rings. The summed E-state index contributed by atoms with van der Waals surface area (Å²) in [6.45, 7) is 4.88. The molecular formula is C9H17NO2. The van der Waals surface area contributed by atoms with Crippen molar-refractivity contribution in [2.45, 2.75) is 45.3 Å². The summed E-state index contributed by atoms with van der Waals surface area (Å²) in [6.07, 6.45) is 2.95. The molecule has 0 unspecified atom stereocenters. The van der Waals surface area contributed by atoms with Gasteiger partial charge >= 0.3 is 5.97 Å². The second-order valence-corrected chi connectivity index (χ2v) is 3.30. The molecule has 0 radical (unpaired) electrons. The van der Waals surface area contributed by atoms with Crippen LogP contribution in [0, 0.1) is 0 Å². The lowest BCUT2D eigenvalue weighted by molar-refractivity contribution is -0.150. The number of hydrogen-bond acceptors (Lipinski definition) is 3. The van der Waals surface area contributed by atoms with E-state index in [-0.39, 0.29) is 18.1 Å². The molecule has 1 heterocycles. The maximum atomic E-state index is 11.3. The van der Waals surface area contributed by atoms with Crippen molar-refractivity contribution in [1.82, 2.24) is 5.32 Å². The Labute approximate surface area is 73.5 Å². The first-order valence-electron chi connectivity index (χ1n) is 4.68. The number of carbonyl (C=O) groups is 1. The van der Waals surface area contributed by atoms with Crippen LogP contribution >= 0.6 is 0 Å². The van der Waals surface area contributed by atoms with Crippen LogP contribution in [0.15, 0.2) is 0 Å². The van der Waals surface area contributed by atoms with E-state index in [1.807, 2.05) is 13.8 Å². The van der Waals surface area contributed by atoms with Gasteiger partial charge in [-0.1, -0.05) is 6.92 Å². The third-order valence-corrected chi connectivity index (χ3v) is 2.24. The summed E-state index contributed by atoms with van der Waals surface area (Å²) < 4.78 is 5.18. The van der Waals surface area contributed by atoms with Gasteiger partial charge in [-0.2, -0.15) is 0 Å². The third kappa shape index (κ3) is 2.48. The van der Waals surface area contributed by atoms with Gasteiger partial charge in [0.25, 0.3) is 0 Å². The molecule has 0 aromatic carbocycles. The van der Waals surface area contributed by atoms with Gasteiger partial charge in [0, 0.05) is 0 Å². The number of esters is 1. The smallest absolute Gasteiger partial charge is 0.323 e. The maximum Gasteiger partial charge on any atom is 0.323 e. The van der Waals surface area contributed by atoms with Crippen molar-refractivity contribution < 1.29 is 9.53 Å². The lowest BCUT2D eigenvalue weighted by Crippen LogP contribution is -2.34. The van der Waals surface area contributed by atoms with Gasteiger partial charge < -0.3 is 10.1 Å². The molecule has 1 fully saturated rings. The summed E-state index contributed by atoms with van der Waals surface area (Å²) in [4.78, 5) is 11.3. The average Bonchev–Trinajstić information content (AvgIpc) is 2.56. The molecular weight excluding hydrogens is 154 g/mol. The molecule has 3 nitrogen and oxygen atoms in total. The number of ether oxygens (including phenoxy) is 1. The second-order valence-electron chi connectivity index (χ2n) is 3.30. The van der Waals surface area contributed by atoms with E-state index < -0.39 is 0 Å². The SMILES string of the molecule is CC[C@@H](C)OC(=O)[C@H]1CCCN1. The molecule has 0 aromatic rings. The predicted molar refractivity (Wildman–Crippen MR) is 46.9 cm³/mol. The van der Waals surface area contributed by atoms with E-state index >= 15 is 0 Å². The van der Waals surface area contributed by atoms with E-state index in [4.69, 9.17) is 4.74 Å². The van der Waals surface area contributed by atoms with Crippen LogP contribution in [-0.2, 0) is 9.53 Å². The number of rotatable bonds is 3. The fourth-order valence-electron chi connectivity index (χ4n) is 1.25. The molecule has 1 rings (SSSR count). The molecule has 1 aliphatic heterocycles. The highest BCUT2D eigenvalue weighted by molar-refractivity contribution is 5.76. The van der Waals surface area contributed by atoms with Gasteiger partial charge in [-0.05, 0) is 32.7 Å². The summed E-state index contributed by atoms with van der Waals surface area (Å²) in [5, 5.41) is 3.11. The zero-order valence-electron chi connectivity index (χ0n) is 7.80. The highest BCUT2D eigenvalue weighted by atomic mass is 16.5. The van der Waals surface area contributed by atoms with Crippen molar-refractivity contribution in [1.29, 1.82) is 0 Å². The van der Waals surface area contributed by atoms with Crippen LogP contribution < -0.4 is 5.32 Å². The third-order valence-electron chi connectivity index (χ3n) is 2.24. The highest BCUT2D eigenvalue weighted by Gasteiger charge is 2.24. The van der Waals surface area contributed by atoms with Crippen LogP contribution in [0.25, 0.3) is 0 Å². The average molecular weight is 171 g/mol. The lowest BCUT2D eigenvalue weighted by atomic mass is 10.2. The molecule has 3 heteroatoms. The van der Waals surface area contributed by atoms with Crippen molar-refractivity contribution in [3.05, 3.63) is 0 Å². The van der Waals surface area contributed by atoms with E-state index in [1.165, 1.54) is 0 Å². The summed E-state index contributed by atoms with van der Waals surface area (Å²) in [5.41, 5.74) is 0. The minimum Gasteiger partial charge on any atom is -0.462 e. The molecule has 2 atom stereocenters. The standard InChI is InChI=1S/C9H17NO2/c1-3-7(2)12-9(11)8-5-4-6-10-8/h7-8,10H,3-6H2,1-2H3/t7-,8-/m1/s1. The Kier molecular flexibility index (Phi) is 3.53. The molecule has 1 saturated heterocycles. The molecule has 0 bridgehead atoms. The molecule has 0 aromatic heterocycles. The number of nitrogens with one attached hydrogen (secondary N) is 1.